The fourth-order valence-corrected chi connectivity index (χ4v) is 8.58. The summed E-state index contributed by atoms with van der Waals surface area (Å²) in [6.07, 6.45) is 79.3. The maximum atomic E-state index is 12.7. The summed E-state index contributed by atoms with van der Waals surface area (Å²) in [6.45, 7) is 6.43. The summed E-state index contributed by atoms with van der Waals surface area (Å²) < 4.78 is 16.7. The number of hydrogen-bond acceptors (Lipinski definition) is 6. The standard InChI is InChI=1S/C66H114O6/c1-4-7-10-13-16-19-21-23-24-25-26-27-28-29-30-31-32-33-34-35-36-37-38-39-40-41-42-44-45-47-50-53-56-59-65(68)71-62-63(61-70-64(67)58-55-52-49-18-15-12-9-6-3)72-66(69)60-57-54-51-48-46-43-22-20-17-14-11-8-5-2/h8,11,17,20-21,23,25-26,28-29,43,46,51,54,63H,4-7,9-10,12-16,18-19,22,24,27,30-42,44-45,47-50,52-53,55-62H2,1-3H3/b11-8-,20-17-,23-21-,26-25-,29-28-,46-43-,54-51-. The molecule has 6 heteroatoms. The van der Waals surface area contributed by atoms with Crippen molar-refractivity contribution in [1.82, 2.24) is 0 Å². The molecule has 0 rings (SSSR count). The number of carbonyl (C=O) groups is 3. The molecule has 0 spiro atoms. The van der Waals surface area contributed by atoms with Crippen LogP contribution in [0, 0.1) is 0 Å². The molecule has 0 N–H and O–H groups in total. The third kappa shape index (κ3) is 57.5. The summed E-state index contributed by atoms with van der Waals surface area (Å²) >= 11 is 0. The van der Waals surface area contributed by atoms with Crippen LogP contribution < -0.4 is 0 Å². The van der Waals surface area contributed by atoms with Crippen LogP contribution in [0.25, 0.3) is 0 Å². The molecule has 0 aromatic rings. The van der Waals surface area contributed by atoms with E-state index in [-0.39, 0.29) is 37.5 Å². The monoisotopic (exact) mass is 1000 g/mol. The summed E-state index contributed by atoms with van der Waals surface area (Å²) in [6, 6.07) is 0. The summed E-state index contributed by atoms with van der Waals surface area (Å²) in [4.78, 5) is 37.9. The molecule has 0 saturated carbocycles. The molecule has 0 bridgehead atoms. The van der Waals surface area contributed by atoms with Gasteiger partial charge < -0.3 is 14.2 Å². The molecule has 0 radical (unpaired) electrons. The smallest absolute Gasteiger partial charge is 0.306 e. The Labute approximate surface area is 445 Å². The van der Waals surface area contributed by atoms with Gasteiger partial charge in [-0.3, -0.25) is 14.4 Å². The average molecular weight is 1000 g/mol. The Morgan fingerprint density at radius 3 is 0.903 bits per heavy atom. The van der Waals surface area contributed by atoms with E-state index in [9.17, 15) is 14.4 Å². The van der Waals surface area contributed by atoms with Crippen LogP contribution in [0.3, 0.4) is 0 Å². The summed E-state index contributed by atoms with van der Waals surface area (Å²) in [5.41, 5.74) is 0. The average Bonchev–Trinajstić information content (AvgIpc) is 3.38. The summed E-state index contributed by atoms with van der Waals surface area (Å²) in [5.74, 6) is -0.983. The van der Waals surface area contributed by atoms with Crippen LogP contribution >= 0.6 is 0 Å². The van der Waals surface area contributed by atoms with E-state index in [0.717, 1.165) is 77.0 Å². The highest BCUT2D eigenvalue weighted by Gasteiger charge is 2.19. The molecule has 0 aromatic heterocycles. The Bertz CT molecular complexity index is 1380. The predicted molar refractivity (Wildman–Crippen MR) is 311 cm³/mol. The lowest BCUT2D eigenvalue weighted by molar-refractivity contribution is -0.166. The van der Waals surface area contributed by atoms with E-state index in [4.69, 9.17) is 14.2 Å². The number of allylic oxidation sites excluding steroid dienone is 14. The molecule has 0 aromatic carbocycles. The van der Waals surface area contributed by atoms with E-state index >= 15 is 0 Å². The lowest BCUT2D eigenvalue weighted by Gasteiger charge is -2.18. The van der Waals surface area contributed by atoms with Crippen molar-refractivity contribution in [2.45, 2.75) is 303 Å². The maximum Gasteiger partial charge on any atom is 0.306 e. The number of ether oxygens (including phenoxy) is 3. The largest absolute Gasteiger partial charge is 0.462 e. The van der Waals surface area contributed by atoms with Crippen LogP contribution in [0.5, 0.6) is 0 Å². The third-order valence-electron chi connectivity index (χ3n) is 13.1. The van der Waals surface area contributed by atoms with Gasteiger partial charge in [0.05, 0.1) is 0 Å². The quantitative estimate of drug-likeness (QED) is 0.0261. The zero-order chi connectivity index (χ0) is 52.2. The van der Waals surface area contributed by atoms with Crippen molar-refractivity contribution < 1.29 is 28.6 Å². The molecule has 1 atom stereocenters. The molecule has 6 nitrogen and oxygen atoms in total. The highest BCUT2D eigenvalue weighted by molar-refractivity contribution is 5.71. The normalized spacial score (nSPS) is 12.7. The van der Waals surface area contributed by atoms with Crippen molar-refractivity contribution in [1.29, 1.82) is 0 Å². The van der Waals surface area contributed by atoms with Crippen molar-refractivity contribution in [3.63, 3.8) is 0 Å². The predicted octanol–water partition coefficient (Wildman–Crippen LogP) is 20.7. The second kappa shape index (κ2) is 60.1. The third-order valence-corrected chi connectivity index (χ3v) is 13.1. The zero-order valence-electron chi connectivity index (χ0n) is 47.4. The van der Waals surface area contributed by atoms with Gasteiger partial charge in [-0.25, -0.2) is 0 Å². The van der Waals surface area contributed by atoms with Crippen molar-refractivity contribution in [2.24, 2.45) is 0 Å². The van der Waals surface area contributed by atoms with Crippen LogP contribution in [0.2, 0.25) is 0 Å². The van der Waals surface area contributed by atoms with Gasteiger partial charge in [-0.15, -0.1) is 0 Å². The molecule has 0 aliphatic rings. The van der Waals surface area contributed by atoms with E-state index in [1.54, 1.807) is 0 Å². The topological polar surface area (TPSA) is 78.9 Å². The second-order valence-electron chi connectivity index (χ2n) is 20.2. The van der Waals surface area contributed by atoms with Gasteiger partial charge in [0.25, 0.3) is 0 Å². The first kappa shape index (κ1) is 68.6. The molecule has 1 unspecified atom stereocenters. The summed E-state index contributed by atoms with van der Waals surface area (Å²) in [5, 5.41) is 0. The fraction of sp³-hybridized carbons (Fsp3) is 0.742. The number of esters is 3. The van der Waals surface area contributed by atoms with Gasteiger partial charge in [-0.05, 0) is 83.5 Å². The number of hydrogen-bond donors (Lipinski definition) is 0. The molecule has 72 heavy (non-hydrogen) atoms. The SMILES string of the molecule is CC/C=C\C/C=C\C/C=C\C/C=C\CCC(=O)OC(COC(=O)CCCCCCCCCC)COC(=O)CCCCCCCCCCCCCCCCCCCC/C=C\C/C=C\C/C=C\CCCCCCC. The van der Waals surface area contributed by atoms with Crippen molar-refractivity contribution in [2.75, 3.05) is 13.2 Å². The number of unbranched alkanes of at least 4 members (excludes halogenated alkanes) is 30. The van der Waals surface area contributed by atoms with E-state index in [1.807, 2.05) is 12.2 Å². The first-order valence-corrected chi connectivity index (χ1v) is 30.6. The van der Waals surface area contributed by atoms with Crippen LogP contribution in [0.1, 0.15) is 297 Å². The van der Waals surface area contributed by atoms with Gasteiger partial charge in [0.2, 0.25) is 0 Å². The Kier molecular flexibility index (Phi) is 57.3. The minimum Gasteiger partial charge on any atom is -0.462 e. The van der Waals surface area contributed by atoms with E-state index in [0.29, 0.717) is 19.3 Å². The number of carbonyl (C=O) groups excluding carboxylic acids is 3. The van der Waals surface area contributed by atoms with Gasteiger partial charge in [0.1, 0.15) is 13.2 Å². The highest BCUT2D eigenvalue weighted by Crippen LogP contribution is 2.16. The van der Waals surface area contributed by atoms with Gasteiger partial charge in [0, 0.05) is 19.3 Å². The van der Waals surface area contributed by atoms with Crippen LogP contribution in [-0.4, -0.2) is 37.2 Å². The maximum absolute atomic E-state index is 12.7. The van der Waals surface area contributed by atoms with E-state index in [2.05, 4.69) is 93.7 Å². The van der Waals surface area contributed by atoms with Gasteiger partial charge >= 0.3 is 17.9 Å². The van der Waals surface area contributed by atoms with Crippen LogP contribution in [0.4, 0.5) is 0 Å². The van der Waals surface area contributed by atoms with Gasteiger partial charge in [-0.1, -0.05) is 279 Å². The zero-order valence-corrected chi connectivity index (χ0v) is 47.4. The fourth-order valence-electron chi connectivity index (χ4n) is 8.58. The highest BCUT2D eigenvalue weighted by atomic mass is 16.6. The molecular formula is C66H114O6. The van der Waals surface area contributed by atoms with Crippen molar-refractivity contribution in [3.8, 4) is 0 Å². The minimum atomic E-state index is -0.810. The number of rotatable bonds is 55. The first-order chi connectivity index (χ1) is 35.5. The molecule has 0 amide bonds. The van der Waals surface area contributed by atoms with Gasteiger partial charge in [-0.2, -0.15) is 0 Å². The van der Waals surface area contributed by atoms with E-state index < -0.39 is 6.10 Å². The Hall–Kier alpha value is -3.41. The Morgan fingerprint density at radius 1 is 0.292 bits per heavy atom. The molecule has 0 aliphatic heterocycles. The summed E-state index contributed by atoms with van der Waals surface area (Å²) in [7, 11) is 0. The lowest BCUT2D eigenvalue weighted by atomic mass is 10.0. The molecule has 0 aliphatic carbocycles. The molecular weight excluding hydrogens is 889 g/mol. The Morgan fingerprint density at radius 2 is 0.569 bits per heavy atom. The minimum absolute atomic E-state index is 0.102. The Balaban J connectivity index is 4.04. The van der Waals surface area contributed by atoms with E-state index in [1.165, 1.54) is 173 Å². The lowest BCUT2D eigenvalue weighted by Crippen LogP contribution is -2.30. The first-order valence-electron chi connectivity index (χ1n) is 30.6. The second-order valence-corrected chi connectivity index (χ2v) is 20.2. The van der Waals surface area contributed by atoms with Crippen LogP contribution in [-0.2, 0) is 28.6 Å². The molecule has 0 fully saturated rings. The molecule has 0 saturated heterocycles. The molecule has 0 heterocycles. The van der Waals surface area contributed by atoms with Crippen molar-refractivity contribution in [3.05, 3.63) is 85.1 Å². The molecule has 414 valence electrons. The van der Waals surface area contributed by atoms with Gasteiger partial charge in [0.15, 0.2) is 6.10 Å². The van der Waals surface area contributed by atoms with Crippen LogP contribution in [0.15, 0.2) is 85.1 Å². The van der Waals surface area contributed by atoms with Crippen molar-refractivity contribution >= 4 is 17.9 Å².